The van der Waals surface area contributed by atoms with E-state index in [1.165, 1.54) is 6.42 Å². The minimum atomic E-state index is -0.589. The van der Waals surface area contributed by atoms with Crippen molar-refractivity contribution in [3.63, 3.8) is 0 Å². The first-order chi connectivity index (χ1) is 15.5. The Morgan fingerprint density at radius 3 is 2.47 bits per heavy atom. The van der Waals surface area contributed by atoms with Crippen LogP contribution in [0.1, 0.15) is 51.0 Å². The third-order valence-electron chi connectivity index (χ3n) is 5.81. The van der Waals surface area contributed by atoms with Gasteiger partial charge in [0.2, 0.25) is 5.91 Å². The molecule has 0 spiro atoms. The molecule has 2 amide bonds. The average molecular weight is 522 g/mol. The Morgan fingerprint density at radius 1 is 1.12 bits per heavy atom. The summed E-state index contributed by atoms with van der Waals surface area (Å²) in [5.74, 6) is 0.237. The Hall–Kier alpha value is -2.05. The van der Waals surface area contributed by atoms with E-state index in [2.05, 4.69) is 21.2 Å². The molecule has 0 saturated heterocycles. The highest BCUT2D eigenvalue weighted by atomic mass is 79.9. The molecule has 2 aromatic rings. The van der Waals surface area contributed by atoms with E-state index in [4.69, 9.17) is 16.3 Å². The van der Waals surface area contributed by atoms with Crippen LogP contribution in [-0.2, 0) is 16.1 Å². The van der Waals surface area contributed by atoms with Crippen LogP contribution in [0, 0.1) is 0 Å². The van der Waals surface area contributed by atoms with Crippen molar-refractivity contribution in [3.05, 3.63) is 63.6 Å². The van der Waals surface area contributed by atoms with Crippen LogP contribution in [0.5, 0.6) is 5.75 Å². The van der Waals surface area contributed by atoms with Crippen molar-refractivity contribution in [1.29, 1.82) is 0 Å². The Balaban J connectivity index is 1.75. The average Bonchev–Trinajstić information content (AvgIpc) is 2.80. The van der Waals surface area contributed by atoms with Gasteiger partial charge in [0.1, 0.15) is 11.8 Å². The molecule has 3 rings (SSSR count). The van der Waals surface area contributed by atoms with E-state index in [1.54, 1.807) is 23.1 Å². The Kier molecular flexibility index (Phi) is 9.42. The van der Waals surface area contributed by atoms with E-state index in [9.17, 15) is 9.59 Å². The summed E-state index contributed by atoms with van der Waals surface area (Å²) in [5.41, 5.74) is 0.801. The zero-order chi connectivity index (χ0) is 22.9. The maximum Gasteiger partial charge on any atom is 0.261 e. The normalized spacial score (nSPS) is 15.1. The lowest BCUT2D eigenvalue weighted by Crippen LogP contribution is -2.52. The van der Waals surface area contributed by atoms with Crippen LogP contribution in [0.25, 0.3) is 0 Å². The summed E-state index contributed by atoms with van der Waals surface area (Å²) in [6, 6.07) is 14.3. The van der Waals surface area contributed by atoms with Gasteiger partial charge in [0.15, 0.2) is 6.61 Å². The van der Waals surface area contributed by atoms with Gasteiger partial charge in [-0.15, -0.1) is 0 Å². The summed E-state index contributed by atoms with van der Waals surface area (Å²) in [6.45, 7) is 2.02. The maximum atomic E-state index is 13.3. The van der Waals surface area contributed by atoms with Crippen molar-refractivity contribution >= 4 is 39.3 Å². The first-order valence-corrected chi connectivity index (χ1v) is 12.4. The van der Waals surface area contributed by atoms with Gasteiger partial charge in [-0.1, -0.05) is 71.9 Å². The van der Waals surface area contributed by atoms with Crippen molar-refractivity contribution in [2.45, 2.75) is 64.1 Å². The van der Waals surface area contributed by atoms with E-state index < -0.39 is 6.04 Å². The lowest BCUT2D eigenvalue weighted by atomic mass is 9.95. The van der Waals surface area contributed by atoms with Crippen molar-refractivity contribution in [1.82, 2.24) is 10.2 Å². The molecule has 1 aliphatic carbocycles. The summed E-state index contributed by atoms with van der Waals surface area (Å²) in [4.78, 5) is 28.1. The zero-order valence-corrected chi connectivity index (χ0v) is 20.7. The summed E-state index contributed by atoms with van der Waals surface area (Å²) >= 11 is 9.76. The van der Waals surface area contributed by atoms with Gasteiger partial charge in [-0.2, -0.15) is 0 Å². The van der Waals surface area contributed by atoms with E-state index in [1.807, 2.05) is 37.3 Å². The number of carbonyl (C=O) groups is 2. The molecular formula is C25H30BrClN2O3. The quantitative estimate of drug-likeness (QED) is 0.458. The molecule has 2 aromatic carbocycles. The number of hydrogen-bond acceptors (Lipinski definition) is 3. The molecule has 0 aromatic heterocycles. The first-order valence-electron chi connectivity index (χ1n) is 11.2. The number of nitrogens with one attached hydrogen (secondary N) is 1. The molecule has 1 N–H and O–H groups in total. The van der Waals surface area contributed by atoms with Gasteiger partial charge >= 0.3 is 0 Å². The highest BCUT2D eigenvalue weighted by molar-refractivity contribution is 9.10. The largest absolute Gasteiger partial charge is 0.484 e. The highest BCUT2D eigenvalue weighted by Crippen LogP contribution is 2.22. The van der Waals surface area contributed by atoms with Gasteiger partial charge < -0.3 is 15.0 Å². The molecular weight excluding hydrogens is 492 g/mol. The first kappa shape index (κ1) is 24.6. The van der Waals surface area contributed by atoms with Crippen LogP contribution in [0.4, 0.5) is 0 Å². The fraction of sp³-hybridized carbons (Fsp3) is 0.440. The summed E-state index contributed by atoms with van der Waals surface area (Å²) in [6.07, 6.45) is 5.97. The van der Waals surface area contributed by atoms with E-state index in [0.29, 0.717) is 17.2 Å². The van der Waals surface area contributed by atoms with E-state index in [-0.39, 0.29) is 31.0 Å². The minimum absolute atomic E-state index is 0.108. The molecule has 5 nitrogen and oxygen atoms in total. The van der Waals surface area contributed by atoms with Crippen molar-refractivity contribution in [2.24, 2.45) is 0 Å². The van der Waals surface area contributed by atoms with Crippen LogP contribution in [0.2, 0.25) is 5.02 Å². The molecule has 0 aliphatic heterocycles. The number of ether oxygens (including phenoxy) is 1. The fourth-order valence-electron chi connectivity index (χ4n) is 4.03. The Labute approximate surface area is 203 Å². The van der Waals surface area contributed by atoms with Crippen LogP contribution in [-0.4, -0.2) is 35.4 Å². The van der Waals surface area contributed by atoms with Gasteiger partial charge in [-0.25, -0.2) is 0 Å². The van der Waals surface area contributed by atoms with Crippen molar-refractivity contribution in [2.75, 3.05) is 6.61 Å². The maximum absolute atomic E-state index is 13.3. The summed E-state index contributed by atoms with van der Waals surface area (Å²) in [5, 5.41) is 3.74. The number of carbonyl (C=O) groups excluding carboxylic acids is 2. The highest BCUT2D eigenvalue weighted by Gasteiger charge is 2.31. The predicted molar refractivity (Wildman–Crippen MR) is 131 cm³/mol. The number of halogens is 2. The monoisotopic (exact) mass is 520 g/mol. The third-order valence-corrected chi connectivity index (χ3v) is 6.71. The van der Waals surface area contributed by atoms with Gasteiger partial charge in [-0.05, 0) is 55.2 Å². The second-order valence-corrected chi connectivity index (χ2v) is 9.45. The second kappa shape index (κ2) is 12.3. The number of benzene rings is 2. The van der Waals surface area contributed by atoms with Crippen molar-refractivity contribution in [3.8, 4) is 5.75 Å². The lowest BCUT2D eigenvalue weighted by molar-refractivity contribution is -0.143. The van der Waals surface area contributed by atoms with Gasteiger partial charge in [-0.3, -0.25) is 9.59 Å². The van der Waals surface area contributed by atoms with Crippen LogP contribution in [0.15, 0.2) is 53.0 Å². The van der Waals surface area contributed by atoms with E-state index >= 15 is 0 Å². The smallest absolute Gasteiger partial charge is 0.261 e. The molecule has 0 bridgehead atoms. The summed E-state index contributed by atoms with van der Waals surface area (Å²) in [7, 11) is 0. The predicted octanol–water partition coefficient (Wildman–Crippen LogP) is 5.74. The van der Waals surface area contributed by atoms with Crippen LogP contribution < -0.4 is 10.1 Å². The fourth-order valence-corrected chi connectivity index (χ4v) is 4.49. The topological polar surface area (TPSA) is 58.6 Å². The Bertz CT molecular complexity index is 900. The van der Waals surface area contributed by atoms with Crippen LogP contribution >= 0.6 is 27.5 Å². The summed E-state index contributed by atoms with van der Waals surface area (Å²) < 4.78 is 6.65. The molecule has 1 unspecified atom stereocenters. The molecule has 0 heterocycles. The molecule has 1 atom stereocenters. The molecule has 1 saturated carbocycles. The lowest BCUT2D eigenvalue weighted by Gasteiger charge is -2.33. The number of nitrogens with zero attached hydrogens (tertiary/aromatic N) is 1. The molecule has 7 heteroatoms. The second-order valence-electron chi connectivity index (χ2n) is 8.12. The molecule has 32 heavy (non-hydrogen) atoms. The van der Waals surface area contributed by atoms with Crippen molar-refractivity contribution < 1.29 is 14.3 Å². The number of rotatable bonds is 9. The molecule has 1 fully saturated rings. The number of hydrogen-bond donors (Lipinski definition) is 1. The van der Waals surface area contributed by atoms with Gasteiger partial charge in [0, 0.05) is 22.1 Å². The molecule has 0 radical (unpaired) electrons. The van der Waals surface area contributed by atoms with Gasteiger partial charge in [0.25, 0.3) is 5.91 Å². The Morgan fingerprint density at radius 2 is 1.81 bits per heavy atom. The zero-order valence-electron chi connectivity index (χ0n) is 18.4. The number of amides is 2. The molecule has 1 aliphatic rings. The van der Waals surface area contributed by atoms with Crippen LogP contribution in [0.3, 0.4) is 0 Å². The van der Waals surface area contributed by atoms with E-state index in [0.717, 1.165) is 35.7 Å². The standard InChI is InChI=1S/C25H30BrClN2O3/c1-2-23(25(31)28-20-9-4-3-5-10-20)29(16-18-8-6-7-11-22(18)27)24(30)17-32-21-14-12-19(26)13-15-21/h6-8,11-15,20,23H,2-5,9-10,16-17H2,1H3,(H,28,31). The molecule has 172 valence electrons. The minimum Gasteiger partial charge on any atom is -0.484 e. The van der Waals surface area contributed by atoms with Gasteiger partial charge in [0.05, 0.1) is 0 Å². The SMILES string of the molecule is CCC(C(=O)NC1CCCCC1)N(Cc1ccccc1Cl)C(=O)COc1ccc(Br)cc1. The third kappa shape index (κ3) is 6.97.